The molecular formula is C13H7BrN2O2S. The van der Waals surface area contributed by atoms with Crippen LogP contribution in [0, 0.1) is 11.3 Å². The van der Waals surface area contributed by atoms with Gasteiger partial charge >= 0.3 is 5.97 Å². The molecule has 2 aromatic rings. The van der Waals surface area contributed by atoms with Crippen LogP contribution in [0.4, 0.5) is 0 Å². The van der Waals surface area contributed by atoms with Gasteiger partial charge in [0.15, 0.2) is 0 Å². The molecule has 0 saturated carbocycles. The largest absolute Gasteiger partial charge is 0.478 e. The van der Waals surface area contributed by atoms with Crippen LogP contribution >= 0.6 is 27.7 Å². The molecule has 1 heterocycles. The molecule has 0 atom stereocenters. The number of aromatic nitrogens is 1. The summed E-state index contributed by atoms with van der Waals surface area (Å²) in [4.78, 5) is 16.6. The van der Waals surface area contributed by atoms with E-state index >= 15 is 0 Å². The fraction of sp³-hybridized carbons (Fsp3) is 0. The van der Waals surface area contributed by atoms with Crippen LogP contribution in [0.15, 0.2) is 50.8 Å². The van der Waals surface area contributed by atoms with E-state index in [0.717, 1.165) is 9.79 Å². The molecule has 6 heteroatoms. The molecule has 0 bridgehead atoms. The van der Waals surface area contributed by atoms with Gasteiger partial charge in [-0.1, -0.05) is 11.8 Å². The number of nitriles is 1. The molecule has 0 spiro atoms. The Kier molecular flexibility index (Phi) is 4.20. The Bertz CT molecular complexity index is 665. The van der Waals surface area contributed by atoms with Crippen LogP contribution in [-0.2, 0) is 0 Å². The maximum atomic E-state index is 11.0. The third kappa shape index (κ3) is 3.34. The van der Waals surface area contributed by atoms with Crippen LogP contribution in [0.1, 0.15) is 16.1 Å². The monoisotopic (exact) mass is 334 g/mol. The van der Waals surface area contributed by atoms with E-state index < -0.39 is 5.97 Å². The van der Waals surface area contributed by atoms with Crippen LogP contribution in [0.5, 0.6) is 0 Å². The minimum atomic E-state index is -0.979. The van der Waals surface area contributed by atoms with Crippen molar-refractivity contribution >= 4 is 33.7 Å². The van der Waals surface area contributed by atoms with E-state index in [4.69, 9.17) is 10.4 Å². The Hall–Kier alpha value is -1.84. The van der Waals surface area contributed by atoms with Crippen LogP contribution in [-0.4, -0.2) is 16.1 Å². The number of carbonyl (C=O) groups is 1. The zero-order chi connectivity index (χ0) is 13.8. The van der Waals surface area contributed by atoms with Crippen molar-refractivity contribution in [3.63, 3.8) is 0 Å². The van der Waals surface area contributed by atoms with E-state index in [1.54, 1.807) is 30.5 Å². The Labute approximate surface area is 122 Å². The Morgan fingerprint density at radius 1 is 1.32 bits per heavy atom. The number of rotatable bonds is 3. The highest BCUT2D eigenvalue weighted by molar-refractivity contribution is 9.10. The highest BCUT2D eigenvalue weighted by Gasteiger charge is 2.09. The molecule has 0 aliphatic rings. The first kappa shape index (κ1) is 13.6. The van der Waals surface area contributed by atoms with Gasteiger partial charge in [-0.05, 0) is 46.3 Å². The number of hydrogen-bond acceptors (Lipinski definition) is 4. The van der Waals surface area contributed by atoms with Crippen molar-refractivity contribution in [2.75, 3.05) is 0 Å². The number of carboxylic acids is 1. The maximum absolute atomic E-state index is 11.0. The van der Waals surface area contributed by atoms with Gasteiger partial charge in [0.1, 0.15) is 11.8 Å². The maximum Gasteiger partial charge on any atom is 0.336 e. The van der Waals surface area contributed by atoms with E-state index in [-0.39, 0.29) is 5.56 Å². The number of pyridine rings is 1. The average molecular weight is 335 g/mol. The van der Waals surface area contributed by atoms with Crippen LogP contribution in [0.2, 0.25) is 0 Å². The van der Waals surface area contributed by atoms with Crippen molar-refractivity contribution in [1.82, 2.24) is 4.98 Å². The minimum absolute atomic E-state index is 0.214. The third-order valence-corrected chi connectivity index (χ3v) is 3.91. The van der Waals surface area contributed by atoms with E-state index in [1.807, 2.05) is 12.1 Å². The smallest absolute Gasteiger partial charge is 0.336 e. The molecule has 0 amide bonds. The van der Waals surface area contributed by atoms with Gasteiger partial charge < -0.3 is 5.11 Å². The molecule has 19 heavy (non-hydrogen) atoms. The zero-order valence-electron chi connectivity index (χ0n) is 9.50. The number of hydrogen-bond donors (Lipinski definition) is 1. The molecule has 0 aliphatic carbocycles. The van der Waals surface area contributed by atoms with E-state index in [2.05, 4.69) is 20.9 Å². The number of carboxylic acid groups (broad SMARTS) is 1. The molecule has 1 N–H and O–H groups in total. The van der Waals surface area contributed by atoms with Gasteiger partial charge in [-0.3, -0.25) is 0 Å². The first-order chi connectivity index (χ1) is 9.10. The van der Waals surface area contributed by atoms with Crippen molar-refractivity contribution < 1.29 is 9.90 Å². The summed E-state index contributed by atoms with van der Waals surface area (Å²) in [5.41, 5.74) is 0.568. The van der Waals surface area contributed by atoms with Crippen LogP contribution in [0.3, 0.4) is 0 Å². The third-order valence-electron chi connectivity index (χ3n) is 2.25. The van der Waals surface area contributed by atoms with Gasteiger partial charge in [0.2, 0.25) is 0 Å². The summed E-state index contributed by atoms with van der Waals surface area (Å²) in [7, 11) is 0. The molecule has 94 valence electrons. The predicted molar refractivity (Wildman–Crippen MR) is 74.2 cm³/mol. The first-order valence-corrected chi connectivity index (χ1v) is 6.78. The lowest BCUT2D eigenvalue weighted by atomic mass is 10.2. The van der Waals surface area contributed by atoms with Crippen molar-refractivity contribution in [2.24, 2.45) is 0 Å². The molecule has 0 unspecified atom stereocenters. The summed E-state index contributed by atoms with van der Waals surface area (Å²) in [5.74, 6) is -0.979. The molecule has 0 aliphatic heterocycles. The number of benzene rings is 1. The van der Waals surface area contributed by atoms with Gasteiger partial charge in [0.25, 0.3) is 0 Å². The lowest BCUT2D eigenvalue weighted by Gasteiger charge is -2.04. The van der Waals surface area contributed by atoms with Gasteiger partial charge in [-0.2, -0.15) is 5.26 Å². The predicted octanol–water partition coefficient (Wildman–Crippen LogP) is 3.57. The van der Waals surface area contributed by atoms with E-state index in [0.29, 0.717) is 10.2 Å². The first-order valence-electron chi connectivity index (χ1n) is 5.17. The van der Waals surface area contributed by atoms with Crippen LogP contribution < -0.4 is 0 Å². The lowest BCUT2D eigenvalue weighted by Crippen LogP contribution is -1.97. The molecule has 2 rings (SSSR count). The van der Waals surface area contributed by atoms with Gasteiger partial charge in [0, 0.05) is 20.5 Å². The van der Waals surface area contributed by atoms with Gasteiger partial charge in [-0.15, -0.1) is 0 Å². The second kappa shape index (κ2) is 5.87. The number of halogens is 1. The highest BCUT2D eigenvalue weighted by atomic mass is 79.9. The molecule has 0 fully saturated rings. The van der Waals surface area contributed by atoms with Crippen molar-refractivity contribution in [1.29, 1.82) is 5.26 Å². The lowest BCUT2D eigenvalue weighted by molar-refractivity contribution is 0.0695. The molecular weight excluding hydrogens is 328 g/mol. The SMILES string of the molecule is N#Cc1ccc(Sc2ccc(Br)c(C(=O)O)c2)cn1. The Morgan fingerprint density at radius 3 is 2.63 bits per heavy atom. The number of aromatic carboxylic acids is 1. The summed E-state index contributed by atoms with van der Waals surface area (Å²) in [6, 6.07) is 10.5. The second-order valence-electron chi connectivity index (χ2n) is 3.54. The van der Waals surface area contributed by atoms with E-state index in [1.165, 1.54) is 11.8 Å². The Morgan fingerprint density at radius 2 is 2.05 bits per heavy atom. The summed E-state index contributed by atoms with van der Waals surface area (Å²) in [6.45, 7) is 0. The van der Waals surface area contributed by atoms with Crippen LogP contribution in [0.25, 0.3) is 0 Å². The topological polar surface area (TPSA) is 74.0 Å². The normalized spacial score (nSPS) is 9.89. The number of nitrogens with zero attached hydrogens (tertiary/aromatic N) is 2. The van der Waals surface area contributed by atoms with Crippen molar-refractivity contribution in [2.45, 2.75) is 9.79 Å². The highest BCUT2D eigenvalue weighted by Crippen LogP contribution is 2.30. The quantitative estimate of drug-likeness (QED) is 0.928. The molecule has 0 saturated heterocycles. The summed E-state index contributed by atoms with van der Waals surface area (Å²) < 4.78 is 0.544. The zero-order valence-corrected chi connectivity index (χ0v) is 11.9. The second-order valence-corrected chi connectivity index (χ2v) is 5.54. The molecule has 1 aromatic carbocycles. The van der Waals surface area contributed by atoms with Gasteiger partial charge in [0.05, 0.1) is 5.56 Å². The summed E-state index contributed by atoms with van der Waals surface area (Å²) in [5, 5.41) is 17.7. The van der Waals surface area contributed by atoms with Gasteiger partial charge in [-0.25, -0.2) is 9.78 Å². The standard InChI is InChI=1S/C13H7BrN2O2S/c14-12-4-3-9(5-11(12)13(17)18)19-10-2-1-8(6-15)16-7-10/h1-5,7H,(H,17,18). The van der Waals surface area contributed by atoms with Crippen molar-refractivity contribution in [3.05, 3.63) is 52.3 Å². The molecule has 1 aromatic heterocycles. The van der Waals surface area contributed by atoms with Crippen molar-refractivity contribution in [3.8, 4) is 6.07 Å². The summed E-state index contributed by atoms with van der Waals surface area (Å²) in [6.07, 6.45) is 1.59. The fourth-order valence-electron chi connectivity index (χ4n) is 1.37. The molecule has 0 radical (unpaired) electrons. The van der Waals surface area contributed by atoms with E-state index in [9.17, 15) is 4.79 Å². The summed E-state index contributed by atoms with van der Waals surface area (Å²) >= 11 is 4.59. The fourth-order valence-corrected chi connectivity index (χ4v) is 2.62. The molecule has 4 nitrogen and oxygen atoms in total. The minimum Gasteiger partial charge on any atom is -0.478 e. The Balaban J connectivity index is 2.25. The average Bonchev–Trinajstić information content (AvgIpc) is 2.41.